The predicted molar refractivity (Wildman–Crippen MR) is 81.4 cm³/mol. The maximum Gasteiger partial charge on any atom is 0.322 e. The predicted octanol–water partition coefficient (Wildman–Crippen LogP) is 0.559. The molecule has 6 nitrogen and oxygen atoms in total. The number of nitrogens with zero attached hydrogens (tertiary/aromatic N) is 1. The van der Waals surface area contributed by atoms with E-state index in [0.29, 0.717) is 6.54 Å². The molecule has 1 aromatic rings. The Morgan fingerprint density at radius 1 is 1.32 bits per heavy atom. The third kappa shape index (κ3) is 4.29. The first-order chi connectivity index (χ1) is 10.6. The largest absolute Gasteiger partial charge is 0.480 e. The van der Waals surface area contributed by atoms with Gasteiger partial charge in [-0.15, -0.1) is 0 Å². The first-order valence-corrected chi connectivity index (χ1v) is 7.53. The second-order valence-corrected chi connectivity index (χ2v) is 5.47. The van der Waals surface area contributed by atoms with Gasteiger partial charge in [0.15, 0.2) is 0 Å². The summed E-state index contributed by atoms with van der Waals surface area (Å²) in [5, 5.41) is 20.3. The molecule has 1 aliphatic carbocycles. The van der Waals surface area contributed by atoms with Gasteiger partial charge in [-0.3, -0.25) is 14.5 Å². The molecule has 1 unspecified atom stereocenters. The topological polar surface area (TPSA) is 89.9 Å². The zero-order valence-corrected chi connectivity index (χ0v) is 12.5. The Kier molecular flexibility index (Phi) is 5.91. The molecular weight excluding hydrogens is 284 g/mol. The van der Waals surface area contributed by atoms with Crippen molar-refractivity contribution >= 4 is 11.9 Å². The van der Waals surface area contributed by atoms with Crippen LogP contribution in [0, 0.1) is 0 Å². The van der Waals surface area contributed by atoms with Gasteiger partial charge in [0.1, 0.15) is 6.54 Å². The van der Waals surface area contributed by atoms with Crippen LogP contribution in [0.15, 0.2) is 24.3 Å². The monoisotopic (exact) mass is 306 g/mol. The van der Waals surface area contributed by atoms with Crippen molar-refractivity contribution in [3.05, 3.63) is 35.4 Å². The number of hydrogen-bond acceptors (Lipinski definition) is 4. The van der Waals surface area contributed by atoms with Gasteiger partial charge in [-0.25, -0.2) is 0 Å². The van der Waals surface area contributed by atoms with Crippen LogP contribution in [0.2, 0.25) is 0 Å². The number of aliphatic hydroxyl groups excluding tert-OH is 1. The first-order valence-electron chi connectivity index (χ1n) is 7.53. The molecule has 0 saturated carbocycles. The van der Waals surface area contributed by atoms with Gasteiger partial charge in [0.05, 0.1) is 13.2 Å². The van der Waals surface area contributed by atoms with Crippen molar-refractivity contribution in [3.8, 4) is 0 Å². The fourth-order valence-corrected chi connectivity index (χ4v) is 3.00. The number of aliphatic carboxylic acids is 1. The zero-order valence-electron chi connectivity index (χ0n) is 12.5. The molecule has 0 fully saturated rings. The molecule has 0 aromatic heterocycles. The van der Waals surface area contributed by atoms with Crippen molar-refractivity contribution in [2.45, 2.75) is 25.3 Å². The van der Waals surface area contributed by atoms with Crippen molar-refractivity contribution in [1.29, 1.82) is 0 Å². The SMILES string of the molecule is O=C(O)CNC(=O)CN(CCO)C1CCCc2ccccc21. The summed E-state index contributed by atoms with van der Waals surface area (Å²) in [6.45, 7) is 0.0598. The van der Waals surface area contributed by atoms with E-state index in [4.69, 9.17) is 5.11 Å². The number of aliphatic hydroxyl groups is 1. The number of rotatable bonds is 7. The quantitative estimate of drug-likeness (QED) is 0.685. The van der Waals surface area contributed by atoms with Gasteiger partial charge in [-0.2, -0.15) is 0 Å². The third-order valence-corrected chi connectivity index (χ3v) is 3.95. The fourth-order valence-electron chi connectivity index (χ4n) is 3.00. The number of benzene rings is 1. The highest BCUT2D eigenvalue weighted by molar-refractivity contribution is 5.82. The highest BCUT2D eigenvalue weighted by Crippen LogP contribution is 2.33. The van der Waals surface area contributed by atoms with Gasteiger partial charge in [-0.1, -0.05) is 24.3 Å². The van der Waals surface area contributed by atoms with Crippen molar-refractivity contribution in [3.63, 3.8) is 0 Å². The molecule has 0 heterocycles. The minimum atomic E-state index is -1.06. The standard InChI is InChI=1S/C16H22N2O4/c19-9-8-18(11-15(20)17-10-16(21)22)14-7-3-5-12-4-1-2-6-13(12)14/h1-2,4,6,14,19H,3,5,7-11H2,(H,17,20)(H,21,22). The Morgan fingerprint density at radius 2 is 2.09 bits per heavy atom. The van der Waals surface area contributed by atoms with Crippen LogP contribution in [0.25, 0.3) is 0 Å². The Bertz CT molecular complexity index is 533. The summed E-state index contributed by atoms with van der Waals surface area (Å²) in [7, 11) is 0. The van der Waals surface area contributed by atoms with E-state index in [-0.39, 0.29) is 31.6 Å². The van der Waals surface area contributed by atoms with E-state index < -0.39 is 5.97 Å². The number of hydrogen-bond donors (Lipinski definition) is 3. The van der Waals surface area contributed by atoms with Crippen LogP contribution >= 0.6 is 0 Å². The lowest BCUT2D eigenvalue weighted by Gasteiger charge is -2.35. The van der Waals surface area contributed by atoms with E-state index in [0.717, 1.165) is 19.3 Å². The van der Waals surface area contributed by atoms with E-state index in [1.807, 2.05) is 17.0 Å². The van der Waals surface area contributed by atoms with Gasteiger partial charge in [-0.05, 0) is 30.4 Å². The second-order valence-electron chi connectivity index (χ2n) is 5.47. The number of amides is 1. The molecule has 1 aromatic carbocycles. The molecule has 0 radical (unpaired) electrons. The van der Waals surface area contributed by atoms with Crippen molar-refractivity contribution < 1.29 is 19.8 Å². The lowest BCUT2D eigenvalue weighted by Crippen LogP contribution is -2.42. The highest BCUT2D eigenvalue weighted by Gasteiger charge is 2.26. The molecule has 1 aliphatic rings. The molecule has 0 spiro atoms. The number of carboxylic acids is 1. The Labute approximate surface area is 129 Å². The maximum atomic E-state index is 11.9. The van der Waals surface area contributed by atoms with Crippen molar-refractivity contribution in [2.75, 3.05) is 26.2 Å². The van der Waals surface area contributed by atoms with Gasteiger partial charge < -0.3 is 15.5 Å². The van der Waals surface area contributed by atoms with Crippen LogP contribution in [0.4, 0.5) is 0 Å². The third-order valence-electron chi connectivity index (χ3n) is 3.95. The molecule has 120 valence electrons. The minimum Gasteiger partial charge on any atom is -0.480 e. The molecule has 1 amide bonds. The summed E-state index contributed by atoms with van der Waals surface area (Å²) in [6.07, 6.45) is 3.01. The van der Waals surface area contributed by atoms with Crippen molar-refractivity contribution in [2.24, 2.45) is 0 Å². The number of carbonyl (C=O) groups excluding carboxylic acids is 1. The number of aryl methyl sites for hydroxylation is 1. The van der Waals surface area contributed by atoms with E-state index in [1.54, 1.807) is 0 Å². The second kappa shape index (κ2) is 7.91. The number of nitrogens with one attached hydrogen (secondary N) is 1. The average Bonchev–Trinajstić information content (AvgIpc) is 2.52. The lowest BCUT2D eigenvalue weighted by molar-refractivity contribution is -0.138. The van der Waals surface area contributed by atoms with Crippen LogP contribution < -0.4 is 5.32 Å². The van der Waals surface area contributed by atoms with Gasteiger partial charge >= 0.3 is 5.97 Å². The minimum absolute atomic E-state index is 0.0368. The van der Waals surface area contributed by atoms with E-state index in [9.17, 15) is 14.7 Å². The van der Waals surface area contributed by atoms with E-state index >= 15 is 0 Å². The Morgan fingerprint density at radius 3 is 2.82 bits per heavy atom. The maximum absolute atomic E-state index is 11.9. The molecule has 0 bridgehead atoms. The van der Waals surface area contributed by atoms with Gasteiger partial charge in [0.25, 0.3) is 0 Å². The van der Waals surface area contributed by atoms with Crippen LogP contribution in [-0.4, -0.2) is 53.2 Å². The molecule has 22 heavy (non-hydrogen) atoms. The van der Waals surface area contributed by atoms with E-state index in [2.05, 4.69) is 17.4 Å². The van der Waals surface area contributed by atoms with Crippen LogP contribution in [0.5, 0.6) is 0 Å². The molecule has 0 saturated heterocycles. The lowest BCUT2D eigenvalue weighted by atomic mass is 9.87. The molecular formula is C16H22N2O4. The summed E-state index contributed by atoms with van der Waals surface area (Å²) in [5.41, 5.74) is 2.49. The summed E-state index contributed by atoms with van der Waals surface area (Å²) in [5.74, 6) is -1.40. The van der Waals surface area contributed by atoms with Crippen LogP contribution in [-0.2, 0) is 16.0 Å². The van der Waals surface area contributed by atoms with Crippen LogP contribution in [0.1, 0.15) is 30.0 Å². The van der Waals surface area contributed by atoms with E-state index in [1.165, 1.54) is 11.1 Å². The smallest absolute Gasteiger partial charge is 0.322 e. The summed E-state index contributed by atoms with van der Waals surface area (Å²) in [4.78, 5) is 24.3. The number of carboxylic acid groups (broad SMARTS) is 1. The van der Waals surface area contributed by atoms with Gasteiger partial charge in [0, 0.05) is 12.6 Å². The van der Waals surface area contributed by atoms with Gasteiger partial charge in [0.2, 0.25) is 5.91 Å². The normalized spacial score (nSPS) is 17.1. The number of fused-ring (bicyclic) bond motifs is 1. The Balaban J connectivity index is 2.08. The summed E-state index contributed by atoms with van der Waals surface area (Å²) >= 11 is 0. The molecule has 6 heteroatoms. The molecule has 2 rings (SSSR count). The molecule has 0 aliphatic heterocycles. The average molecular weight is 306 g/mol. The fraction of sp³-hybridized carbons (Fsp3) is 0.500. The Hall–Kier alpha value is -1.92. The summed E-state index contributed by atoms with van der Waals surface area (Å²) in [6, 6.07) is 8.25. The number of carbonyl (C=O) groups is 2. The molecule has 1 atom stereocenters. The molecule has 3 N–H and O–H groups in total. The highest BCUT2D eigenvalue weighted by atomic mass is 16.4. The van der Waals surface area contributed by atoms with Crippen LogP contribution in [0.3, 0.4) is 0 Å². The zero-order chi connectivity index (χ0) is 15.9. The summed E-state index contributed by atoms with van der Waals surface area (Å²) < 4.78 is 0. The van der Waals surface area contributed by atoms with Crippen molar-refractivity contribution in [1.82, 2.24) is 10.2 Å². The first kappa shape index (κ1) is 16.5.